The first-order valence-electron chi connectivity index (χ1n) is 5.87. The van der Waals surface area contributed by atoms with Crippen LogP contribution in [-0.2, 0) is 0 Å². The summed E-state index contributed by atoms with van der Waals surface area (Å²) in [5, 5.41) is 9.73. The molecule has 0 aromatic carbocycles. The van der Waals surface area contributed by atoms with E-state index in [9.17, 15) is 4.79 Å². The number of anilines is 1. The number of aromatic carboxylic acids is 1. The van der Waals surface area contributed by atoms with Gasteiger partial charge in [-0.15, -0.1) is 0 Å². The van der Waals surface area contributed by atoms with E-state index in [1.807, 2.05) is 7.05 Å². The molecular weight excluding hydrogens is 238 g/mol. The Morgan fingerprint density at radius 2 is 2.24 bits per heavy atom. The summed E-state index contributed by atoms with van der Waals surface area (Å²) in [6, 6.07) is 1.63. The Morgan fingerprint density at radius 1 is 1.53 bits per heavy atom. The van der Waals surface area contributed by atoms with Gasteiger partial charge in [0.25, 0.3) is 0 Å². The van der Waals surface area contributed by atoms with E-state index in [-0.39, 0.29) is 10.5 Å². The number of hydrogen-bond acceptors (Lipinski definition) is 4. The predicted octanol–water partition coefficient (Wildman–Crippen LogP) is 2.83. The highest BCUT2D eigenvalue weighted by molar-refractivity contribution is 8.00. The number of carboxylic acids is 1. The van der Waals surface area contributed by atoms with Crippen molar-refractivity contribution < 1.29 is 14.3 Å². The van der Waals surface area contributed by atoms with E-state index in [2.05, 4.69) is 4.90 Å². The van der Waals surface area contributed by atoms with Gasteiger partial charge in [0.2, 0.25) is 5.76 Å². The fourth-order valence-electron chi connectivity index (χ4n) is 2.84. The highest BCUT2D eigenvalue weighted by Crippen LogP contribution is 2.52. The van der Waals surface area contributed by atoms with Gasteiger partial charge in [-0.05, 0) is 12.8 Å². The first-order valence-corrected chi connectivity index (χ1v) is 6.69. The van der Waals surface area contributed by atoms with Gasteiger partial charge in [-0.3, -0.25) is 0 Å². The third-order valence-corrected chi connectivity index (χ3v) is 5.10. The van der Waals surface area contributed by atoms with Crippen LogP contribution in [0.1, 0.15) is 36.2 Å². The van der Waals surface area contributed by atoms with Gasteiger partial charge in [0.05, 0.1) is 5.69 Å². The molecule has 92 valence electrons. The quantitative estimate of drug-likeness (QED) is 0.834. The van der Waals surface area contributed by atoms with Crippen molar-refractivity contribution in [2.75, 3.05) is 18.5 Å². The van der Waals surface area contributed by atoms with Crippen LogP contribution in [0.4, 0.5) is 5.69 Å². The second-order valence-electron chi connectivity index (χ2n) is 4.94. The second-order valence-corrected chi connectivity index (χ2v) is 6.38. The fraction of sp³-hybridized carbons (Fsp3) is 0.583. The zero-order valence-corrected chi connectivity index (χ0v) is 10.5. The van der Waals surface area contributed by atoms with Crippen LogP contribution in [-0.4, -0.2) is 29.4 Å². The van der Waals surface area contributed by atoms with Gasteiger partial charge < -0.3 is 14.4 Å². The van der Waals surface area contributed by atoms with E-state index in [1.54, 1.807) is 17.8 Å². The third-order valence-electron chi connectivity index (χ3n) is 3.65. The Kier molecular flexibility index (Phi) is 2.40. The lowest BCUT2D eigenvalue weighted by atomic mass is 10.1. The summed E-state index contributed by atoms with van der Waals surface area (Å²) in [5.74, 6) is -0.946. The summed E-state index contributed by atoms with van der Waals surface area (Å²) in [4.78, 5) is 13.0. The SMILES string of the molecule is CN1CC2(CCCC2)Sc2oc(C(=O)O)cc21. The molecule has 2 heterocycles. The smallest absolute Gasteiger partial charge is 0.371 e. The first kappa shape index (κ1) is 11.0. The number of carbonyl (C=O) groups is 1. The topological polar surface area (TPSA) is 53.7 Å². The summed E-state index contributed by atoms with van der Waals surface area (Å²) >= 11 is 1.74. The molecule has 0 atom stereocenters. The zero-order chi connectivity index (χ0) is 12.0. The molecule has 0 bridgehead atoms. The lowest BCUT2D eigenvalue weighted by molar-refractivity contribution is 0.0656. The minimum Gasteiger partial charge on any atom is -0.475 e. The van der Waals surface area contributed by atoms with Crippen LogP contribution in [0.3, 0.4) is 0 Å². The van der Waals surface area contributed by atoms with E-state index >= 15 is 0 Å². The van der Waals surface area contributed by atoms with Gasteiger partial charge in [0, 0.05) is 24.4 Å². The van der Waals surface area contributed by atoms with E-state index in [4.69, 9.17) is 9.52 Å². The Hall–Kier alpha value is -1.10. The molecule has 3 rings (SSSR count). The van der Waals surface area contributed by atoms with Crippen molar-refractivity contribution in [2.24, 2.45) is 0 Å². The summed E-state index contributed by atoms with van der Waals surface area (Å²) in [6.07, 6.45) is 4.93. The van der Waals surface area contributed by atoms with Crippen LogP contribution in [0.5, 0.6) is 0 Å². The molecule has 1 aliphatic heterocycles. The molecule has 0 unspecified atom stereocenters. The molecule has 0 amide bonds. The number of hydrogen-bond donors (Lipinski definition) is 1. The van der Waals surface area contributed by atoms with E-state index in [0.717, 1.165) is 17.3 Å². The van der Waals surface area contributed by atoms with Crippen LogP contribution in [0.2, 0.25) is 0 Å². The summed E-state index contributed by atoms with van der Waals surface area (Å²) in [6.45, 7) is 0.989. The predicted molar refractivity (Wildman–Crippen MR) is 66.0 cm³/mol. The van der Waals surface area contributed by atoms with E-state index in [0.29, 0.717) is 0 Å². The highest BCUT2D eigenvalue weighted by Gasteiger charge is 2.42. The zero-order valence-electron chi connectivity index (χ0n) is 9.73. The molecule has 17 heavy (non-hydrogen) atoms. The Bertz CT molecular complexity index is 462. The molecule has 2 aliphatic rings. The molecular formula is C12H15NO3S. The molecule has 1 saturated carbocycles. The fourth-order valence-corrected chi connectivity index (χ4v) is 4.43. The summed E-state index contributed by atoms with van der Waals surface area (Å²) in [7, 11) is 2.01. The maximum absolute atomic E-state index is 10.9. The number of furan rings is 1. The van der Waals surface area contributed by atoms with Crippen LogP contribution >= 0.6 is 11.8 Å². The van der Waals surface area contributed by atoms with Gasteiger partial charge in [-0.1, -0.05) is 24.6 Å². The van der Waals surface area contributed by atoms with Crippen LogP contribution in [0, 0.1) is 0 Å². The van der Waals surface area contributed by atoms with Gasteiger partial charge in [-0.2, -0.15) is 0 Å². The minimum atomic E-state index is -0.992. The highest BCUT2D eigenvalue weighted by atomic mass is 32.2. The van der Waals surface area contributed by atoms with Crippen molar-refractivity contribution in [1.29, 1.82) is 0 Å². The normalized spacial score (nSPS) is 21.8. The van der Waals surface area contributed by atoms with Gasteiger partial charge >= 0.3 is 5.97 Å². The second kappa shape index (κ2) is 3.70. The summed E-state index contributed by atoms with van der Waals surface area (Å²) < 4.78 is 5.69. The van der Waals surface area contributed by atoms with Crippen LogP contribution in [0.25, 0.3) is 0 Å². The lowest BCUT2D eigenvalue weighted by Gasteiger charge is -2.37. The molecule has 0 saturated heterocycles. The van der Waals surface area contributed by atoms with Crippen LogP contribution in [0.15, 0.2) is 15.6 Å². The van der Waals surface area contributed by atoms with Crippen molar-refractivity contribution in [3.05, 3.63) is 11.8 Å². The third kappa shape index (κ3) is 1.73. The molecule has 1 aromatic heterocycles. The maximum Gasteiger partial charge on any atom is 0.371 e. The van der Waals surface area contributed by atoms with Crippen LogP contribution < -0.4 is 4.90 Å². The molecule has 0 radical (unpaired) electrons. The largest absolute Gasteiger partial charge is 0.475 e. The first-order chi connectivity index (χ1) is 8.10. The summed E-state index contributed by atoms with van der Waals surface area (Å²) in [5.41, 5.74) is 0.921. The number of fused-ring (bicyclic) bond motifs is 1. The Balaban J connectivity index is 1.97. The number of nitrogens with zero attached hydrogens (tertiary/aromatic N) is 1. The van der Waals surface area contributed by atoms with E-state index < -0.39 is 5.97 Å². The van der Waals surface area contributed by atoms with Gasteiger partial charge in [0.15, 0.2) is 5.09 Å². The Labute approximate surface area is 104 Å². The number of carboxylic acid groups (broad SMARTS) is 1. The van der Waals surface area contributed by atoms with Crippen molar-refractivity contribution in [2.45, 2.75) is 35.5 Å². The minimum absolute atomic E-state index is 0.0457. The van der Waals surface area contributed by atoms with Crippen molar-refractivity contribution >= 4 is 23.4 Å². The molecule has 1 N–H and O–H groups in total. The lowest BCUT2D eigenvalue weighted by Crippen LogP contribution is -2.39. The number of rotatable bonds is 1. The molecule has 4 nitrogen and oxygen atoms in total. The molecule has 1 spiro atoms. The Morgan fingerprint density at radius 3 is 2.88 bits per heavy atom. The average molecular weight is 253 g/mol. The standard InChI is InChI=1S/C12H15NO3S/c1-13-7-12(4-2-3-5-12)17-11-8(13)6-9(16-11)10(14)15/h6H,2-5,7H2,1H3,(H,14,15). The van der Waals surface area contributed by atoms with Gasteiger partial charge in [0.1, 0.15) is 0 Å². The van der Waals surface area contributed by atoms with Crippen molar-refractivity contribution in [3.63, 3.8) is 0 Å². The maximum atomic E-state index is 10.9. The molecule has 1 aliphatic carbocycles. The average Bonchev–Trinajstić information content (AvgIpc) is 2.85. The monoisotopic (exact) mass is 253 g/mol. The molecule has 1 fully saturated rings. The van der Waals surface area contributed by atoms with Gasteiger partial charge in [-0.25, -0.2) is 4.79 Å². The van der Waals surface area contributed by atoms with Crippen molar-refractivity contribution in [1.82, 2.24) is 0 Å². The van der Waals surface area contributed by atoms with Crippen molar-refractivity contribution in [3.8, 4) is 0 Å². The van der Waals surface area contributed by atoms with E-state index in [1.165, 1.54) is 25.7 Å². The molecule has 1 aromatic rings. The number of thioether (sulfide) groups is 1. The molecule has 5 heteroatoms.